The predicted octanol–water partition coefficient (Wildman–Crippen LogP) is 6.26. The summed E-state index contributed by atoms with van der Waals surface area (Å²) < 4.78 is 0. The number of nitrogens with two attached hydrogens (primary N) is 1. The number of nitrogens with zero attached hydrogens (tertiary/aromatic N) is 1. The molecule has 4 aliphatic carbocycles. The van der Waals surface area contributed by atoms with Crippen molar-refractivity contribution in [2.24, 2.45) is 45.2 Å². The lowest BCUT2D eigenvalue weighted by Gasteiger charge is -2.58. The van der Waals surface area contributed by atoms with Crippen LogP contribution in [0.1, 0.15) is 77.7 Å². The summed E-state index contributed by atoms with van der Waals surface area (Å²) in [6.45, 7) is 8.88. The maximum absolute atomic E-state index is 12.4. The van der Waals surface area contributed by atoms with E-state index in [1.54, 1.807) is 5.57 Å². The number of carbonyl (C=O) groups is 1. The number of hydrogen-bond acceptors (Lipinski definition) is 2. The lowest BCUT2D eigenvalue weighted by molar-refractivity contribution is -0.127. The number of nitrogens with one attached hydrogen (secondary N) is 1. The van der Waals surface area contributed by atoms with Crippen molar-refractivity contribution in [1.29, 1.82) is 0 Å². The zero-order chi connectivity index (χ0) is 23.4. The van der Waals surface area contributed by atoms with Gasteiger partial charge in [-0.3, -0.25) is 4.79 Å². The molecule has 0 spiro atoms. The molecule has 5 rings (SSSR count). The highest BCUT2D eigenvalue weighted by molar-refractivity contribution is 5.93. The molecule has 1 aromatic carbocycles. The van der Waals surface area contributed by atoms with Gasteiger partial charge in [0.1, 0.15) is 5.78 Å². The fraction of sp³-hybridized carbons (Fsp3) is 0.655. The summed E-state index contributed by atoms with van der Waals surface area (Å²) in [4.78, 5) is 17.3. The van der Waals surface area contributed by atoms with Crippen LogP contribution in [0.5, 0.6) is 0 Å². The van der Waals surface area contributed by atoms with Gasteiger partial charge in [-0.25, -0.2) is 4.99 Å². The molecule has 0 heterocycles. The van der Waals surface area contributed by atoms with Crippen LogP contribution < -0.4 is 11.1 Å². The second kappa shape index (κ2) is 8.29. The van der Waals surface area contributed by atoms with E-state index in [0.717, 1.165) is 36.8 Å². The third-order valence-electron chi connectivity index (χ3n) is 10.3. The summed E-state index contributed by atoms with van der Waals surface area (Å²) in [7, 11) is 0. The Bertz CT molecular complexity index is 996. The minimum Gasteiger partial charge on any atom is -0.370 e. The summed E-state index contributed by atoms with van der Waals surface area (Å²) in [5.41, 5.74) is 10.7. The number of benzene rings is 1. The van der Waals surface area contributed by atoms with E-state index in [9.17, 15) is 4.79 Å². The number of carbonyl (C=O) groups excluding carboxylic acids is 1. The number of ketones is 1. The molecule has 0 unspecified atom stereocenters. The van der Waals surface area contributed by atoms with Crippen LogP contribution in [-0.4, -0.2) is 17.8 Å². The van der Waals surface area contributed by atoms with E-state index in [2.05, 4.69) is 44.3 Å². The molecule has 3 N–H and O–H groups in total. The van der Waals surface area contributed by atoms with Crippen LogP contribution in [0.4, 0.5) is 5.69 Å². The second-order valence-electron chi connectivity index (χ2n) is 11.9. The summed E-state index contributed by atoms with van der Waals surface area (Å²) in [6.07, 6.45) is 12.0. The van der Waals surface area contributed by atoms with Gasteiger partial charge in [0.25, 0.3) is 0 Å². The Morgan fingerprint density at radius 3 is 2.64 bits per heavy atom. The van der Waals surface area contributed by atoms with Crippen LogP contribution in [0, 0.1) is 41.4 Å². The second-order valence-corrected chi connectivity index (χ2v) is 11.9. The molecule has 0 radical (unpaired) electrons. The van der Waals surface area contributed by atoms with Crippen molar-refractivity contribution in [3.63, 3.8) is 0 Å². The number of rotatable bonds is 3. The smallest absolute Gasteiger partial charge is 0.193 e. The molecule has 0 saturated heterocycles. The van der Waals surface area contributed by atoms with E-state index >= 15 is 0 Å². The van der Waals surface area contributed by atoms with Gasteiger partial charge in [0.15, 0.2) is 5.96 Å². The Kier molecular flexibility index (Phi) is 5.69. The van der Waals surface area contributed by atoms with Gasteiger partial charge in [0, 0.05) is 11.6 Å². The Balaban J connectivity index is 1.32. The average molecular weight is 448 g/mol. The van der Waals surface area contributed by atoms with E-state index in [1.165, 1.54) is 37.7 Å². The largest absolute Gasteiger partial charge is 0.370 e. The van der Waals surface area contributed by atoms with Crippen LogP contribution in [0.2, 0.25) is 0 Å². The monoisotopic (exact) mass is 447 g/mol. The molecule has 0 amide bonds. The van der Waals surface area contributed by atoms with E-state index in [1.807, 2.05) is 19.1 Å². The fourth-order valence-corrected chi connectivity index (χ4v) is 8.50. The molecule has 3 saturated carbocycles. The number of aryl methyl sites for hydroxylation is 1. The summed E-state index contributed by atoms with van der Waals surface area (Å²) in [5.74, 6) is 3.46. The van der Waals surface area contributed by atoms with E-state index in [-0.39, 0.29) is 17.4 Å². The molecule has 0 aliphatic heterocycles. The lowest BCUT2D eigenvalue weighted by Crippen LogP contribution is -2.50. The van der Waals surface area contributed by atoms with E-state index < -0.39 is 0 Å². The van der Waals surface area contributed by atoms with Crippen molar-refractivity contribution < 1.29 is 4.79 Å². The maximum Gasteiger partial charge on any atom is 0.193 e. The Labute approximate surface area is 199 Å². The molecule has 4 nitrogen and oxygen atoms in total. The SMILES string of the molecule is CC(=O)[C@H]1CC[C@H]2[C@@H]3CC=C4C[C@@H](N=C(N)Nc5ccccc5C)CC[C@]4(C)[C@H]3CC[C@]12C. The molecule has 0 bridgehead atoms. The fourth-order valence-electron chi connectivity index (χ4n) is 8.50. The quantitative estimate of drug-likeness (QED) is 0.326. The third kappa shape index (κ3) is 3.74. The van der Waals surface area contributed by atoms with Gasteiger partial charge in [-0.15, -0.1) is 0 Å². The molecule has 7 atom stereocenters. The van der Waals surface area contributed by atoms with Crippen LogP contribution >= 0.6 is 0 Å². The first kappa shape index (κ1) is 22.7. The maximum atomic E-state index is 12.4. The molecule has 3 fully saturated rings. The highest BCUT2D eigenvalue weighted by atomic mass is 16.1. The number of guanidine groups is 1. The topological polar surface area (TPSA) is 67.5 Å². The molecule has 1 aromatic rings. The Hall–Kier alpha value is -2.10. The minimum absolute atomic E-state index is 0.228. The van der Waals surface area contributed by atoms with Gasteiger partial charge in [-0.1, -0.05) is 43.7 Å². The highest BCUT2D eigenvalue weighted by Crippen LogP contribution is 2.66. The normalized spacial score (nSPS) is 40.3. The molecule has 4 aliphatic rings. The number of aliphatic imine (C=N–C) groups is 1. The summed E-state index contributed by atoms with van der Waals surface area (Å²) in [6, 6.07) is 8.47. The number of fused-ring (bicyclic) bond motifs is 5. The lowest BCUT2D eigenvalue weighted by atomic mass is 9.47. The van der Waals surface area contributed by atoms with Gasteiger partial charge in [0.05, 0.1) is 6.04 Å². The van der Waals surface area contributed by atoms with Crippen LogP contribution in [0.15, 0.2) is 40.9 Å². The van der Waals surface area contributed by atoms with Gasteiger partial charge in [-0.2, -0.15) is 0 Å². The van der Waals surface area contributed by atoms with Crippen molar-refractivity contribution in [2.45, 2.75) is 85.1 Å². The number of para-hydroxylation sites is 1. The number of Topliss-reactive ketones (excluding diaryl/α,β-unsaturated/α-hetero) is 1. The zero-order valence-corrected chi connectivity index (χ0v) is 20.9. The third-order valence-corrected chi connectivity index (χ3v) is 10.3. The Morgan fingerprint density at radius 2 is 1.88 bits per heavy atom. The number of anilines is 1. The molecule has 4 heteroatoms. The van der Waals surface area contributed by atoms with Crippen molar-refractivity contribution in [1.82, 2.24) is 0 Å². The van der Waals surface area contributed by atoms with Gasteiger partial charge < -0.3 is 11.1 Å². The van der Waals surface area contributed by atoms with E-state index in [0.29, 0.717) is 23.1 Å². The van der Waals surface area contributed by atoms with Gasteiger partial charge >= 0.3 is 0 Å². The van der Waals surface area contributed by atoms with Crippen molar-refractivity contribution in [3.8, 4) is 0 Å². The first-order valence-electron chi connectivity index (χ1n) is 13.1. The molecule has 178 valence electrons. The van der Waals surface area contributed by atoms with Crippen molar-refractivity contribution in [2.75, 3.05) is 5.32 Å². The predicted molar refractivity (Wildman–Crippen MR) is 136 cm³/mol. The summed E-state index contributed by atoms with van der Waals surface area (Å²) in [5, 5.41) is 3.31. The number of hydrogen-bond donors (Lipinski definition) is 2. The van der Waals surface area contributed by atoms with Crippen molar-refractivity contribution >= 4 is 17.4 Å². The Morgan fingerprint density at radius 1 is 1.09 bits per heavy atom. The standard InChI is InChI=1S/C29H41N3O/c1-18-7-5-6-8-26(18)32-27(30)31-21-13-15-28(3)20(17-21)9-10-22-24-12-11-23(19(2)33)29(24,4)16-14-25(22)28/h5-9,21-25H,10-17H2,1-4H3,(H3,30,31,32)/t21-,22-,23+,24-,25-,28-,29+/m0/s1. The van der Waals surface area contributed by atoms with Gasteiger partial charge in [0.2, 0.25) is 0 Å². The van der Waals surface area contributed by atoms with Crippen LogP contribution in [0.25, 0.3) is 0 Å². The van der Waals surface area contributed by atoms with Crippen molar-refractivity contribution in [3.05, 3.63) is 41.5 Å². The first-order chi connectivity index (χ1) is 15.7. The van der Waals surface area contributed by atoms with Crippen LogP contribution in [-0.2, 0) is 4.79 Å². The molecule has 0 aromatic heterocycles. The highest BCUT2D eigenvalue weighted by Gasteiger charge is 2.59. The van der Waals surface area contributed by atoms with E-state index in [4.69, 9.17) is 10.7 Å². The van der Waals surface area contributed by atoms with Gasteiger partial charge in [-0.05, 0) is 105 Å². The summed E-state index contributed by atoms with van der Waals surface area (Å²) >= 11 is 0. The number of allylic oxidation sites excluding steroid dienone is 1. The molecular formula is C29H41N3O. The minimum atomic E-state index is 0.228. The average Bonchev–Trinajstić information content (AvgIpc) is 3.13. The van der Waals surface area contributed by atoms with Crippen LogP contribution in [0.3, 0.4) is 0 Å². The molecule has 33 heavy (non-hydrogen) atoms. The zero-order valence-electron chi connectivity index (χ0n) is 20.9. The molecular weight excluding hydrogens is 406 g/mol. The first-order valence-corrected chi connectivity index (χ1v) is 13.1.